The molecule has 3 aromatic carbocycles. The van der Waals surface area contributed by atoms with Gasteiger partial charge in [-0.3, -0.25) is 14.4 Å². The van der Waals surface area contributed by atoms with E-state index in [-0.39, 0.29) is 0 Å². The molecule has 0 N–H and O–H groups in total. The molecule has 0 spiro atoms. The Morgan fingerprint density at radius 3 is 0.946 bits per heavy atom. The topological polar surface area (TPSA) is 78.9 Å². The van der Waals surface area contributed by atoms with Gasteiger partial charge in [-0.05, 0) is 71.3 Å². The molecule has 0 bridgehead atoms. The molecule has 6 nitrogen and oxygen atoms in total. The fourth-order valence-electron chi connectivity index (χ4n) is 3.39. The maximum absolute atomic E-state index is 13.1. The minimum absolute atomic E-state index is 0.607. The second-order valence-electron chi connectivity index (χ2n) is 7.96. The number of benzene rings is 3. The Kier molecular flexibility index (Phi) is 9.74. The van der Waals surface area contributed by atoms with Crippen LogP contribution in [0.2, 0.25) is 0 Å². The van der Waals surface area contributed by atoms with Crippen molar-refractivity contribution in [2.45, 2.75) is 0 Å². The van der Waals surface area contributed by atoms with Crippen LogP contribution in [0.25, 0.3) is 18.2 Å². The Morgan fingerprint density at radius 1 is 0.486 bits per heavy atom. The molecule has 0 radical (unpaired) electrons. The smallest absolute Gasteiger partial charge is 0.174 e. The van der Waals surface area contributed by atoms with E-state index in [0.717, 1.165) is 16.7 Å². The van der Waals surface area contributed by atoms with Crippen molar-refractivity contribution in [3.63, 3.8) is 0 Å². The van der Waals surface area contributed by atoms with Crippen LogP contribution in [0, 0.1) is 5.92 Å². The highest BCUT2D eigenvalue weighted by Crippen LogP contribution is 2.17. The Morgan fingerprint density at radius 2 is 0.730 bits per heavy atom. The van der Waals surface area contributed by atoms with Crippen LogP contribution in [-0.2, 0) is 14.4 Å². The number of ether oxygens (including phenoxy) is 3. The monoisotopic (exact) mass is 496 g/mol. The zero-order chi connectivity index (χ0) is 26.6. The lowest BCUT2D eigenvalue weighted by atomic mass is 9.92. The van der Waals surface area contributed by atoms with E-state index in [0.29, 0.717) is 17.2 Å². The third-order valence-corrected chi connectivity index (χ3v) is 5.52. The average Bonchev–Trinajstić information content (AvgIpc) is 2.94. The number of allylic oxidation sites excluding steroid dienone is 3. The zero-order valence-corrected chi connectivity index (χ0v) is 20.9. The molecule has 0 amide bonds. The van der Waals surface area contributed by atoms with E-state index in [9.17, 15) is 14.4 Å². The van der Waals surface area contributed by atoms with E-state index in [4.69, 9.17) is 14.2 Å². The molecule has 0 fully saturated rings. The summed E-state index contributed by atoms with van der Waals surface area (Å²) in [6.45, 7) is 0. The predicted molar refractivity (Wildman–Crippen MR) is 145 cm³/mol. The molecule has 0 saturated carbocycles. The van der Waals surface area contributed by atoms with E-state index in [1.165, 1.54) is 18.2 Å². The van der Waals surface area contributed by atoms with Crippen molar-refractivity contribution in [1.82, 2.24) is 0 Å². The van der Waals surface area contributed by atoms with Crippen molar-refractivity contribution in [2.75, 3.05) is 21.3 Å². The first-order valence-corrected chi connectivity index (χ1v) is 11.5. The van der Waals surface area contributed by atoms with Crippen LogP contribution in [0.4, 0.5) is 0 Å². The van der Waals surface area contributed by atoms with E-state index in [1.807, 2.05) is 0 Å². The lowest BCUT2D eigenvalue weighted by Crippen LogP contribution is -2.28. The summed E-state index contributed by atoms with van der Waals surface area (Å²) in [4.78, 5) is 39.2. The van der Waals surface area contributed by atoms with Gasteiger partial charge in [0, 0.05) is 0 Å². The quantitative estimate of drug-likeness (QED) is 0.244. The second-order valence-corrected chi connectivity index (χ2v) is 7.96. The molecule has 0 aromatic heterocycles. The van der Waals surface area contributed by atoms with Crippen LogP contribution < -0.4 is 14.2 Å². The van der Waals surface area contributed by atoms with Gasteiger partial charge in [0.05, 0.1) is 21.3 Å². The highest BCUT2D eigenvalue weighted by Gasteiger charge is 2.29. The van der Waals surface area contributed by atoms with Gasteiger partial charge in [0.2, 0.25) is 0 Å². The van der Waals surface area contributed by atoms with E-state index < -0.39 is 23.3 Å². The first-order valence-electron chi connectivity index (χ1n) is 11.5. The van der Waals surface area contributed by atoms with Crippen molar-refractivity contribution in [3.05, 3.63) is 108 Å². The van der Waals surface area contributed by atoms with Crippen LogP contribution in [0.3, 0.4) is 0 Å². The van der Waals surface area contributed by atoms with Gasteiger partial charge in [0.25, 0.3) is 0 Å². The molecule has 37 heavy (non-hydrogen) atoms. The lowest BCUT2D eigenvalue weighted by Gasteiger charge is -2.08. The maximum atomic E-state index is 13.1. The Labute approximate surface area is 216 Å². The van der Waals surface area contributed by atoms with Gasteiger partial charge in [0.15, 0.2) is 17.3 Å². The fourth-order valence-corrected chi connectivity index (χ4v) is 3.39. The summed E-state index contributed by atoms with van der Waals surface area (Å²) in [5.74, 6) is -1.28. The molecular formula is C31H28O6. The van der Waals surface area contributed by atoms with Gasteiger partial charge < -0.3 is 14.2 Å². The second kappa shape index (κ2) is 13.4. The fraction of sp³-hybridized carbons (Fsp3) is 0.129. The predicted octanol–water partition coefficient (Wildman–Crippen LogP) is 5.48. The number of methoxy groups -OCH3 is 3. The summed E-state index contributed by atoms with van der Waals surface area (Å²) in [5.41, 5.74) is 2.20. The van der Waals surface area contributed by atoms with Gasteiger partial charge >= 0.3 is 0 Å². The molecule has 0 aliphatic rings. The first kappa shape index (κ1) is 26.9. The number of carbonyl (C=O) groups excluding carboxylic acids is 3. The van der Waals surface area contributed by atoms with Crippen LogP contribution >= 0.6 is 0 Å². The molecule has 3 rings (SSSR count). The number of rotatable bonds is 12. The highest BCUT2D eigenvalue weighted by atomic mass is 16.5. The SMILES string of the molecule is COc1ccc(C=CC(=O)C(C(=O)C=Cc2ccc(OC)cc2)C(=O)C=Cc2ccc(OC)cc2)cc1. The highest BCUT2D eigenvalue weighted by molar-refractivity contribution is 6.28. The number of carbonyl (C=O) groups is 3. The summed E-state index contributed by atoms with van der Waals surface area (Å²) < 4.78 is 15.4. The van der Waals surface area contributed by atoms with Gasteiger partial charge in [0.1, 0.15) is 23.2 Å². The number of hydrogen-bond donors (Lipinski definition) is 0. The number of ketones is 3. The summed E-state index contributed by atoms with van der Waals surface area (Å²) in [7, 11) is 4.69. The molecule has 0 aliphatic carbocycles. The standard InChI is InChI=1S/C31H28O6/c1-35-25-13-4-22(5-14-25)10-19-28(32)31(29(33)20-11-23-6-15-26(36-2)16-7-23)30(34)21-12-24-8-17-27(37-3)18-9-24/h4-21,31H,1-3H3. The first-order chi connectivity index (χ1) is 17.9. The third kappa shape index (κ3) is 7.90. The van der Waals surface area contributed by atoms with Crippen molar-refractivity contribution in [3.8, 4) is 17.2 Å². The zero-order valence-electron chi connectivity index (χ0n) is 20.9. The summed E-state index contributed by atoms with van der Waals surface area (Å²) in [6.07, 6.45) is 8.46. The van der Waals surface area contributed by atoms with Crippen molar-refractivity contribution >= 4 is 35.6 Å². The minimum Gasteiger partial charge on any atom is -0.497 e. The summed E-state index contributed by atoms with van der Waals surface area (Å²) in [6, 6.07) is 21.2. The largest absolute Gasteiger partial charge is 0.497 e. The Hall–Kier alpha value is -4.71. The van der Waals surface area contributed by atoms with E-state index in [1.54, 1.807) is 112 Å². The van der Waals surface area contributed by atoms with Crippen LogP contribution in [0.1, 0.15) is 16.7 Å². The third-order valence-electron chi connectivity index (χ3n) is 5.52. The van der Waals surface area contributed by atoms with Crippen LogP contribution in [-0.4, -0.2) is 38.7 Å². The van der Waals surface area contributed by atoms with Crippen molar-refractivity contribution in [1.29, 1.82) is 0 Å². The molecular weight excluding hydrogens is 468 g/mol. The molecule has 0 unspecified atom stereocenters. The van der Waals surface area contributed by atoms with Gasteiger partial charge in [-0.25, -0.2) is 0 Å². The summed E-state index contributed by atoms with van der Waals surface area (Å²) in [5, 5.41) is 0. The van der Waals surface area contributed by atoms with Crippen molar-refractivity contribution < 1.29 is 28.6 Å². The van der Waals surface area contributed by atoms with E-state index in [2.05, 4.69) is 0 Å². The summed E-state index contributed by atoms with van der Waals surface area (Å²) >= 11 is 0. The minimum atomic E-state index is -1.50. The average molecular weight is 497 g/mol. The molecule has 0 aliphatic heterocycles. The molecule has 3 aromatic rings. The van der Waals surface area contributed by atoms with Crippen LogP contribution in [0.15, 0.2) is 91.0 Å². The Bertz CT molecular complexity index is 1130. The normalized spacial score (nSPS) is 12.1. The lowest BCUT2D eigenvalue weighted by molar-refractivity contribution is -0.134. The van der Waals surface area contributed by atoms with E-state index >= 15 is 0 Å². The Balaban J connectivity index is 1.83. The molecule has 0 saturated heterocycles. The molecule has 0 heterocycles. The van der Waals surface area contributed by atoms with Crippen molar-refractivity contribution in [2.24, 2.45) is 5.92 Å². The maximum Gasteiger partial charge on any atom is 0.174 e. The van der Waals surface area contributed by atoms with Gasteiger partial charge in [-0.1, -0.05) is 54.6 Å². The van der Waals surface area contributed by atoms with Gasteiger partial charge in [-0.15, -0.1) is 0 Å². The molecule has 6 heteroatoms. The molecule has 188 valence electrons. The number of hydrogen-bond acceptors (Lipinski definition) is 6. The van der Waals surface area contributed by atoms with Crippen LogP contribution in [0.5, 0.6) is 17.2 Å². The molecule has 0 atom stereocenters. The van der Waals surface area contributed by atoms with Gasteiger partial charge in [-0.2, -0.15) is 0 Å².